The molecular formula is C38H58N2O4. The molecule has 0 radical (unpaired) electrons. The molecule has 2 aromatic rings. The summed E-state index contributed by atoms with van der Waals surface area (Å²) in [5, 5.41) is 22.0. The summed E-state index contributed by atoms with van der Waals surface area (Å²) in [4.78, 5) is 30.1. The Bertz CT molecular complexity index is 1180. The van der Waals surface area contributed by atoms with Gasteiger partial charge >= 0.3 is 0 Å². The molecule has 1 saturated heterocycles. The number of carbonyl (C=O) groups excluding carboxylic acids is 2. The summed E-state index contributed by atoms with van der Waals surface area (Å²) in [6, 6.07) is 8.21. The molecular weight excluding hydrogens is 548 g/mol. The van der Waals surface area contributed by atoms with Crippen LogP contribution in [0.2, 0.25) is 0 Å². The van der Waals surface area contributed by atoms with Crippen molar-refractivity contribution in [3.8, 4) is 11.5 Å². The van der Waals surface area contributed by atoms with Crippen LogP contribution in [0.1, 0.15) is 129 Å². The van der Waals surface area contributed by atoms with Crippen molar-refractivity contribution in [2.45, 2.75) is 130 Å². The summed E-state index contributed by atoms with van der Waals surface area (Å²) in [6.45, 7) is 27.4. The second kappa shape index (κ2) is 12.8. The third-order valence-corrected chi connectivity index (χ3v) is 8.81. The van der Waals surface area contributed by atoms with Gasteiger partial charge in [0.05, 0.1) is 0 Å². The van der Waals surface area contributed by atoms with Gasteiger partial charge in [-0.2, -0.15) is 0 Å². The molecule has 0 aliphatic carbocycles. The van der Waals surface area contributed by atoms with Crippen LogP contribution in [0.15, 0.2) is 24.3 Å². The predicted molar refractivity (Wildman–Crippen MR) is 181 cm³/mol. The number of hydrogen-bond acceptors (Lipinski definition) is 4. The highest BCUT2D eigenvalue weighted by Crippen LogP contribution is 2.41. The third kappa shape index (κ3) is 8.57. The van der Waals surface area contributed by atoms with Gasteiger partial charge in [0.25, 0.3) is 0 Å². The van der Waals surface area contributed by atoms with Crippen molar-refractivity contribution in [2.24, 2.45) is 0 Å². The second-order valence-corrected chi connectivity index (χ2v) is 16.8. The number of carbonyl (C=O) groups is 2. The van der Waals surface area contributed by atoms with Crippen LogP contribution in [-0.4, -0.2) is 58.0 Å². The number of nitrogens with zero attached hydrogens (tertiary/aromatic N) is 2. The molecule has 0 bridgehead atoms. The molecule has 6 heteroatoms. The second-order valence-electron chi connectivity index (χ2n) is 16.8. The highest BCUT2D eigenvalue weighted by molar-refractivity contribution is 5.79. The number of phenols is 2. The van der Waals surface area contributed by atoms with Gasteiger partial charge < -0.3 is 20.0 Å². The average molecular weight is 607 g/mol. The van der Waals surface area contributed by atoms with E-state index in [9.17, 15) is 19.8 Å². The minimum atomic E-state index is -0.209. The van der Waals surface area contributed by atoms with Crippen LogP contribution < -0.4 is 0 Å². The molecule has 1 heterocycles. The molecule has 1 aliphatic rings. The lowest BCUT2D eigenvalue weighted by molar-refractivity contribution is -0.139. The van der Waals surface area contributed by atoms with Gasteiger partial charge in [-0.3, -0.25) is 9.59 Å². The molecule has 2 N–H and O–H groups in total. The van der Waals surface area contributed by atoms with E-state index in [1.807, 2.05) is 9.80 Å². The van der Waals surface area contributed by atoms with Gasteiger partial charge in [0.15, 0.2) is 0 Å². The largest absolute Gasteiger partial charge is 0.507 e. The van der Waals surface area contributed by atoms with E-state index in [1.54, 1.807) is 0 Å². The van der Waals surface area contributed by atoms with Gasteiger partial charge in [-0.1, -0.05) is 107 Å². The fraction of sp³-hybridized carbons (Fsp3) is 0.632. The number of aryl methyl sites for hydroxylation is 2. The van der Waals surface area contributed by atoms with E-state index in [0.29, 0.717) is 63.4 Å². The Hall–Kier alpha value is -3.02. The summed E-state index contributed by atoms with van der Waals surface area (Å²) in [6.07, 6.45) is 2.03. The van der Waals surface area contributed by atoms with Gasteiger partial charge in [0, 0.05) is 39.0 Å². The van der Waals surface area contributed by atoms with E-state index in [-0.39, 0.29) is 33.5 Å². The van der Waals surface area contributed by atoms with Crippen molar-refractivity contribution < 1.29 is 19.8 Å². The number of phenolic OH excluding ortho intramolecular Hbond substituents is 2. The highest BCUT2D eigenvalue weighted by Gasteiger charge is 2.29. The predicted octanol–water partition coefficient (Wildman–Crippen LogP) is 7.52. The maximum atomic E-state index is 13.2. The molecule has 0 saturated carbocycles. The fourth-order valence-corrected chi connectivity index (χ4v) is 5.99. The molecule has 2 amide bonds. The molecule has 3 rings (SSSR count). The summed E-state index contributed by atoms with van der Waals surface area (Å²) in [7, 11) is 0. The molecule has 44 heavy (non-hydrogen) atoms. The minimum Gasteiger partial charge on any atom is -0.507 e. The lowest BCUT2D eigenvalue weighted by Gasteiger charge is -2.35. The van der Waals surface area contributed by atoms with E-state index >= 15 is 0 Å². The number of amides is 2. The van der Waals surface area contributed by atoms with Crippen LogP contribution in [-0.2, 0) is 44.1 Å². The fourth-order valence-electron chi connectivity index (χ4n) is 5.99. The quantitative estimate of drug-likeness (QED) is 0.356. The third-order valence-electron chi connectivity index (χ3n) is 8.81. The van der Waals surface area contributed by atoms with Crippen molar-refractivity contribution >= 4 is 11.8 Å². The summed E-state index contributed by atoms with van der Waals surface area (Å²) in [5.41, 5.74) is 4.95. The zero-order valence-corrected chi connectivity index (χ0v) is 29.6. The Morgan fingerprint density at radius 2 is 0.750 bits per heavy atom. The van der Waals surface area contributed by atoms with Crippen LogP contribution in [0.4, 0.5) is 0 Å². The Kier molecular flexibility index (Phi) is 10.3. The molecule has 1 aliphatic heterocycles. The first-order chi connectivity index (χ1) is 20.0. The topological polar surface area (TPSA) is 81.1 Å². The lowest BCUT2D eigenvalue weighted by atomic mass is 9.78. The van der Waals surface area contributed by atoms with Gasteiger partial charge in [-0.25, -0.2) is 0 Å². The zero-order chi connectivity index (χ0) is 33.4. The Balaban J connectivity index is 1.61. The highest BCUT2D eigenvalue weighted by atomic mass is 16.3. The van der Waals surface area contributed by atoms with Crippen LogP contribution >= 0.6 is 0 Å². The van der Waals surface area contributed by atoms with Crippen LogP contribution in [0, 0.1) is 0 Å². The number of hydrogen-bond donors (Lipinski definition) is 2. The molecule has 0 unspecified atom stereocenters. The standard InChI is InChI=1S/C38H58N2O4/c1-35(2,3)27-21-25(22-28(33(27)43)36(4,5)6)13-15-31(41)39-17-19-40(20-18-39)32(42)16-14-26-23-29(37(7,8)9)34(44)30(24-26)38(10,11)12/h21-24,43-44H,13-20H2,1-12H3. The molecule has 244 valence electrons. The van der Waals surface area contributed by atoms with Gasteiger partial charge in [-0.15, -0.1) is 0 Å². The maximum Gasteiger partial charge on any atom is 0.223 e. The number of aromatic hydroxyl groups is 2. The van der Waals surface area contributed by atoms with Crippen molar-refractivity contribution in [1.82, 2.24) is 9.80 Å². The van der Waals surface area contributed by atoms with Crippen LogP contribution in [0.25, 0.3) is 0 Å². The van der Waals surface area contributed by atoms with Crippen LogP contribution in [0.3, 0.4) is 0 Å². The van der Waals surface area contributed by atoms with Gasteiger partial charge in [0.1, 0.15) is 11.5 Å². The zero-order valence-electron chi connectivity index (χ0n) is 29.6. The number of rotatable bonds is 6. The molecule has 6 nitrogen and oxygen atoms in total. The van der Waals surface area contributed by atoms with E-state index in [2.05, 4.69) is 107 Å². The molecule has 0 spiro atoms. The van der Waals surface area contributed by atoms with Crippen molar-refractivity contribution in [2.75, 3.05) is 26.2 Å². The van der Waals surface area contributed by atoms with Gasteiger partial charge in [-0.05, 0) is 67.9 Å². The molecule has 1 fully saturated rings. The SMILES string of the molecule is CC(C)(C)c1cc(CCC(=O)N2CCN(C(=O)CCc3cc(C(C)(C)C)c(O)c(C(C)(C)C)c3)CC2)cc(C(C)(C)C)c1O. The summed E-state index contributed by atoms with van der Waals surface area (Å²) >= 11 is 0. The first kappa shape index (κ1) is 35.5. The van der Waals surface area contributed by atoms with Gasteiger partial charge in [0.2, 0.25) is 11.8 Å². The van der Waals surface area contributed by atoms with Crippen LogP contribution in [0.5, 0.6) is 11.5 Å². The van der Waals surface area contributed by atoms with E-state index in [4.69, 9.17) is 0 Å². The summed E-state index contributed by atoms with van der Waals surface area (Å²) in [5.74, 6) is 0.924. The Morgan fingerprint density at radius 3 is 0.955 bits per heavy atom. The Labute approximate surface area is 266 Å². The van der Waals surface area contributed by atoms with Crippen molar-refractivity contribution in [1.29, 1.82) is 0 Å². The van der Waals surface area contributed by atoms with E-state index in [1.165, 1.54) is 0 Å². The molecule has 0 atom stereocenters. The van der Waals surface area contributed by atoms with Crippen molar-refractivity contribution in [3.05, 3.63) is 57.6 Å². The first-order valence-corrected chi connectivity index (χ1v) is 16.3. The summed E-state index contributed by atoms with van der Waals surface area (Å²) < 4.78 is 0. The minimum absolute atomic E-state index is 0.105. The maximum absolute atomic E-state index is 13.2. The monoisotopic (exact) mass is 606 g/mol. The number of piperazine rings is 1. The molecule has 0 aromatic heterocycles. The molecule has 2 aromatic carbocycles. The normalized spacial score (nSPS) is 15.1. The van der Waals surface area contributed by atoms with E-state index < -0.39 is 0 Å². The average Bonchev–Trinajstić information content (AvgIpc) is 2.88. The first-order valence-electron chi connectivity index (χ1n) is 16.3. The van der Waals surface area contributed by atoms with E-state index in [0.717, 1.165) is 33.4 Å². The Morgan fingerprint density at radius 1 is 0.523 bits per heavy atom. The number of benzene rings is 2. The lowest BCUT2D eigenvalue weighted by Crippen LogP contribution is -2.50. The smallest absolute Gasteiger partial charge is 0.223 e. The van der Waals surface area contributed by atoms with Crippen molar-refractivity contribution in [3.63, 3.8) is 0 Å².